The Bertz CT molecular complexity index is 428. The molecule has 1 aliphatic rings. The van der Waals surface area contributed by atoms with E-state index in [0.717, 1.165) is 51.4 Å². The SMILES string of the molecule is CCCCC1CCCCCCCC1C(CCCC)(C(=O)OCC)C(=O)OCC. The van der Waals surface area contributed by atoms with Gasteiger partial charge >= 0.3 is 11.9 Å². The van der Waals surface area contributed by atoms with Gasteiger partial charge in [-0.05, 0) is 38.5 Å². The molecule has 2 atom stereocenters. The maximum absolute atomic E-state index is 13.4. The van der Waals surface area contributed by atoms with Gasteiger partial charge in [0.15, 0.2) is 5.41 Å². The van der Waals surface area contributed by atoms with Crippen molar-refractivity contribution in [1.29, 1.82) is 0 Å². The summed E-state index contributed by atoms with van der Waals surface area (Å²) in [6.07, 6.45) is 13.7. The first-order chi connectivity index (χ1) is 13.6. The molecular formula is C24H44O4. The highest BCUT2D eigenvalue weighted by molar-refractivity contribution is 6.00. The molecule has 1 saturated carbocycles. The van der Waals surface area contributed by atoms with Gasteiger partial charge in [0.1, 0.15) is 0 Å². The second kappa shape index (κ2) is 14.0. The summed E-state index contributed by atoms with van der Waals surface area (Å²) in [5, 5.41) is 0. The first-order valence-corrected chi connectivity index (χ1v) is 11.9. The van der Waals surface area contributed by atoms with Crippen molar-refractivity contribution in [2.75, 3.05) is 13.2 Å². The van der Waals surface area contributed by atoms with E-state index < -0.39 is 5.41 Å². The minimum absolute atomic E-state index is 0.0294. The Morgan fingerprint density at radius 2 is 1.32 bits per heavy atom. The lowest BCUT2D eigenvalue weighted by Gasteiger charge is -2.41. The summed E-state index contributed by atoms with van der Waals surface area (Å²) < 4.78 is 11.1. The van der Waals surface area contributed by atoms with Gasteiger partial charge in [-0.1, -0.05) is 84.5 Å². The van der Waals surface area contributed by atoms with Crippen molar-refractivity contribution in [3.8, 4) is 0 Å². The molecular weight excluding hydrogens is 352 g/mol. The molecule has 0 aromatic carbocycles. The Morgan fingerprint density at radius 1 is 0.786 bits per heavy atom. The first-order valence-electron chi connectivity index (χ1n) is 11.9. The minimum atomic E-state index is -1.13. The highest BCUT2D eigenvalue weighted by atomic mass is 16.6. The van der Waals surface area contributed by atoms with Gasteiger partial charge in [0, 0.05) is 0 Å². The summed E-state index contributed by atoms with van der Waals surface area (Å²) in [7, 11) is 0. The Labute approximate surface area is 173 Å². The average molecular weight is 397 g/mol. The van der Waals surface area contributed by atoms with Crippen LogP contribution in [0.25, 0.3) is 0 Å². The van der Waals surface area contributed by atoms with Crippen molar-refractivity contribution in [2.45, 2.75) is 111 Å². The zero-order valence-electron chi connectivity index (χ0n) is 18.9. The normalized spacial score (nSPS) is 21.3. The van der Waals surface area contributed by atoms with Crippen LogP contribution in [-0.2, 0) is 19.1 Å². The molecule has 0 N–H and O–H groups in total. The molecule has 0 heterocycles. The summed E-state index contributed by atoms with van der Waals surface area (Å²) in [5.74, 6) is -0.259. The van der Waals surface area contributed by atoms with Crippen molar-refractivity contribution in [1.82, 2.24) is 0 Å². The maximum Gasteiger partial charge on any atom is 0.323 e. The third-order valence-corrected chi connectivity index (χ3v) is 6.42. The summed E-state index contributed by atoms with van der Waals surface area (Å²) in [4.78, 5) is 26.7. The van der Waals surface area contributed by atoms with Crippen LogP contribution >= 0.6 is 0 Å². The standard InChI is InChI=1S/C24H44O4/c1-5-9-16-20-17-14-12-11-13-15-18-21(20)24(19-10-6-2,22(25)27-7-3)23(26)28-8-4/h20-21H,5-19H2,1-4H3. The van der Waals surface area contributed by atoms with Gasteiger partial charge in [-0.15, -0.1) is 0 Å². The quantitative estimate of drug-likeness (QED) is 0.297. The third kappa shape index (κ3) is 6.77. The Kier molecular flexibility index (Phi) is 12.5. The van der Waals surface area contributed by atoms with Gasteiger partial charge < -0.3 is 9.47 Å². The fourth-order valence-electron chi connectivity index (χ4n) is 4.95. The lowest BCUT2D eigenvalue weighted by Crippen LogP contribution is -2.50. The molecule has 28 heavy (non-hydrogen) atoms. The van der Waals surface area contributed by atoms with Gasteiger partial charge in [0.25, 0.3) is 0 Å². The number of carbonyl (C=O) groups excluding carboxylic acids is 2. The van der Waals surface area contributed by atoms with E-state index in [1.165, 1.54) is 25.7 Å². The number of hydrogen-bond acceptors (Lipinski definition) is 4. The second-order valence-corrected chi connectivity index (χ2v) is 8.37. The van der Waals surface area contributed by atoms with Crippen LogP contribution in [0, 0.1) is 17.3 Å². The molecule has 1 aliphatic carbocycles. The second-order valence-electron chi connectivity index (χ2n) is 8.37. The predicted octanol–water partition coefficient (Wildman–Crippen LogP) is 6.46. The van der Waals surface area contributed by atoms with Crippen molar-refractivity contribution < 1.29 is 19.1 Å². The Balaban J connectivity index is 3.40. The van der Waals surface area contributed by atoms with Gasteiger partial charge in [-0.2, -0.15) is 0 Å². The van der Waals surface area contributed by atoms with Gasteiger partial charge in [-0.25, -0.2) is 0 Å². The van der Waals surface area contributed by atoms with Crippen LogP contribution in [0.3, 0.4) is 0 Å². The summed E-state index contributed by atoms with van der Waals surface area (Å²) >= 11 is 0. The van der Waals surface area contributed by atoms with Gasteiger partial charge in [0.05, 0.1) is 13.2 Å². The van der Waals surface area contributed by atoms with Crippen LogP contribution in [0.1, 0.15) is 111 Å². The van der Waals surface area contributed by atoms with Crippen LogP contribution in [-0.4, -0.2) is 25.2 Å². The molecule has 4 heteroatoms. The molecule has 0 amide bonds. The van der Waals surface area contributed by atoms with Crippen molar-refractivity contribution in [3.63, 3.8) is 0 Å². The third-order valence-electron chi connectivity index (χ3n) is 6.42. The van der Waals surface area contributed by atoms with Crippen molar-refractivity contribution in [3.05, 3.63) is 0 Å². The maximum atomic E-state index is 13.4. The summed E-state index contributed by atoms with van der Waals surface area (Å²) in [5.41, 5.74) is -1.13. The fraction of sp³-hybridized carbons (Fsp3) is 0.917. The van der Waals surface area contributed by atoms with E-state index in [4.69, 9.17) is 9.47 Å². The van der Waals surface area contributed by atoms with E-state index >= 15 is 0 Å². The number of rotatable bonds is 11. The van der Waals surface area contributed by atoms with E-state index in [1.807, 2.05) is 13.8 Å². The average Bonchev–Trinajstić information content (AvgIpc) is 2.80. The smallest absolute Gasteiger partial charge is 0.323 e. The molecule has 0 bridgehead atoms. The molecule has 0 spiro atoms. The highest BCUT2D eigenvalue weighted by Gasteiger charge is 2.55. The van der Waals surface area contributed by atoms with E-state index in [1.54, 1.807) is 0 Å². The molecule has 164 valence electrons. The number of ether oxygens (including phenoxy) is 2. The molecule has 4 nitrogen and oxygen atoms in total. The molecule has 1 rings (SSSR count). The molecule has 0 aromatic heterocycles. The van der Waals surface area contributed by atoms with Crippen molar-refractivity contribution >= 4 is 11.9 Å². The molecule has 0 aromatic rings. The van der Waals surface area contributed by atoms with E-state index in [-0.39, 0.29) is 17.9 Å². The Hall–Kier alpha value is -1.06. The first kappa shape index (κ1) is 25.0. The van der Waals surface area contributed by atoms with Crippen LogP contribution in [0.15, 0.2) is 0 Å². The Morgan fingerprint density at radius 3 is 1.86 bits per heavy atom. The molecule has 2 unspecified atom stereocenters. The zero-order chi connectivity index (χ0) is 20.8. The molecule has 1 fully saturated rings. The number of unbranched alkanes of at least 4 members (excludes halogenated alkanes) is 2. The van der Waals surface area contributed by atoms with E-state index in [2.05, 4.69) is 13.8 Å². The van der Waals surface area contributed by atoms with Crippen LogP contribution in [0.5, 0.6) is 0 Å². The highest BCUT2D eigenvalue weighted by Crippen LogP contribution is 2.47. The summed E-state index contributed by atoms with van der Waals surface area (Å²) in [6.45, 7) is 8.58. The van der Waals surface area contributed by atoms with Crippen LogP contribution in [0.4, 0.5) is 0 Å². The lowest BCUT2D eigenvalue weighted by molar-refractivity contribution is -0.180. The number of esters is 2. The molecule has 0 saturated heterocycles. The molecule has 0 radical (unpaired) electrons. The summed E-state index contributed by atoms with van der Waals surface area (Å²) in [6, 6.07) is 0. The van der Waals surface area contributed by atoms with E-state index in [9.17, 15) is 9.59 Å². The lowest BCUT2D eigenvalue weighted by atomic mass is 9.63. The minimum Gasteiger partial charge on any atom is -0.465 e. The zero-order valence-corrected chi connectivity index (χ0v) is 18.9. The number of hydrogen-bond donors (Lipinski definition) is 0. The topological polar surface area (TPSA) is 52.6 Å². The predicted molar refractivity (Wildman–Crippen MR) is 114 cm³/mol. The fourth-order valence-corrected chi connectivity index (χ4v) is 4.95. The van der Waals surface area contributed by atoms with E-state index in [0.29, 0.717) is 25.6 Å². The van der Waals surface area contributed by atoms with Crippen LogP contribution < -0.4 is 0 Å². The number of carbonyl (C=O) groups is 2. The van der Waals surface area contributed by atoms with Gasteiger partial charge in [-0.3, -0.25) is 9.59 Å². The van der Waals surface area contributed by atoms with Crippen LogP contribution in [0.2, 0.25) is 0 Å². The molecule has 0 aliphatic heterocycles. The van der Waals surface area contributed by atoms with Gasteiger partial charge in [0.2, 0.25) is 0 Å². The largest absolute Gasteiger partial charge is 0.465 e. The van der Waals surface area contributed by atoms with Crippen molar-refractivity contribution in [2.24, 2.45) is 17.3 Å². The monoisotopic (exact) mass is 396 g/mol.